The summed E-state index contributed by atoms with van der Waals surface area (Å²) in [5, 5.41) is 0.619. The molecule has 0 radical (unpaired) electrons. The van der Waals surface area contributed by atoms with Gasteiger partial charge in [0.25, 0.3) is 5.91 Å². The number of sulfone groups is 1. The molecule has 24 heavy (non-hydrogen) atoms. The van der Waals surface area contributed by atoms with Crippen molar-refractivity contribution in [3.8, 4) is 0 Å². The Bertz CT molecular complexity index is 767. The molecule has 0 unspecified atom stereocenters. The number of rotatable bonds is 2. The van der Waals surface area contributed by atoms with Gasteiger partial charge in [-0.15, -0.1) is 0 Å². The Balaban J connectivity index is 1.91. The third-order valence-corrected chi connectivity index (χ3v) is 7.46. The molecule has 1 aromatic rings. The number of amidine groups is 1. The van der Waals surface area contributed by atoms with Gasteiger partial charge in [-0.05, 0) is 5.56 Å². The normalized spacial score (nSPS) is 27.5. The molecule has 2 aliphatic heterocycles. The lowest BCUT2D eigenvalue weighted by Crippen LogP contribution is -2.37. The summed E-state index contributed by atoms with van der Waals surface area (Å²) in [5.74, 6) is 0.127. The van der Waals surface area contributed by atoms with Crippen LogP contribution in [0, 0.1) is 5.41 Å². The van der Waals surface area contributed by atoms with E-state index in [0.717, 1.165) is 5.56 Å². The van der Waals surface area contributed by atoms with Crippen molar-refractivity contribution in [2.75, 3.05) is 11.5 Å². The molecule has 0 aromatic heterocycles. The number of hydrogen-bond donors (Lipinski definition) is 0. The zero-order valence-electron chi connectivity index (χ0n) is 14.1. The van der Waals surface area contributed by atoms with Crippen LogP contribution in [0.5, 0.6) is 0 Å². The molecule has 0 aliphatic carbocycles. The van der Waals surface area contributed by atoms with Crippen LogP contribution in [0.15, 0.2) is 35.3 Å². The van der Waals surface area contributed by atoms with Gasteiger partial charge in [0.15, 0.2) is 15.0 Å². The molecule has 0 spiro atoms. The minimum atomic E-state index is -3.01. The lowest BCUT2D eigenvalue weighted by Gasteiger charge is -2.25. The fourth-order valence-corrected chi connectivity index (χ4v) is 6.80. The molecule has 1 aromatic carbocycles. The number of thioether (sulfide) groups is 1. The second kappa shape index (κ2) is 6.19. The monoisotopic (exact) mass is 366 g/mol. The Hall–Kier alpha value is -1.34. The molecule has 2 saturated heterocycles. The third kappa shape index (κ3) is 3.67. The van der Waals surface area contributed by atoms with Gasteiger partial charge < -0.3 is 4.90 Å². The van der Waals surface area contributed by atoms with Gasteiger partial charge in [-0.2, -0.15) is 4.99 Å². The standard InChI is InChI=1S/C17H22N2O3S2/c1-17(2,3)15(20)18-16-19(9-12-7-5-4-6-8-12)13-10-24(21,22)11-14(13)23-16/h4-8,13-14H,9-11H2,1-3H3/t13-,14-/m1/s1. The van der Waals surface area contributed by atoms with Crippen LogP contribution in [0.2, 0.25) is 0 Å². The SMILES string of the molecule is CC(C)(C)C(=O)N=C1S[C@@H]2CS(=O)(=O)C[C@H]2N1Cc1ccccc1. The summed E-state index contributed by atoms with van der Waals surface area (Å²) in [7, 11) is -3.01. The van der Waals surface area contributed by atoms with Gasteiger partial charge in [0, 0.05) is 17.2 Å². The Morgan fingerprint density at radius 2 is 1.92 bits per heavy atom. The Kier molecular flexibility index (Phi) is 4.51. The first-order chi connectivity index (χ1) is 11.2. The molecule has 5 nitrogen and oxygen atoms in total. The number of fused-ring (bicyclic) bond motifs is 1. The van der Waals surface area contributed by atoms with E-state index >= 15 is 0 Å². The van der Waals surface area contributed by atoms with E-state index in [1.54, 1.807) is 0 Å². The maximum absolute atomic E-state index is 12.3. The summed E-state index contributed by atoms with van der Waals surface area (Å²) in [4.78, 5) is 18.6. The maximum Gasteiger partial charge on any atom is 0.253 e. The fourth-order valence-electron chi connectivity index (χ4n) is 2.86. The molecule has 2 aliphatic rings. The van der Waals surface area contributed by atoms with Crippen LogP contribution >= 0.6 is 11.8 Å². The first-order valence-corrected chi connectivity index (χ1v) is 10.7. The number of benzene rings is 1. The minimum Gasteiger partial charge on any atom is -0.342 e. The van der Waals surface area contributed by atoms with Crippen molar-refractivity contribution < 1.29 is 13.2 Å². The average molecular weight is 367 g/mol. The largest absolute Gasteiger partial charge is 0.342 e. The summed E-state index contributed by atoms with van der Waals surface area (Å²) in [6, 6.07) is 9.77. The van der Waals surface area contributed by atoms with E-state index in [-0.39, 0.29) is 28.7 Å². The molecule has 2 fully saturated rings. The maximum atomic E-state index is 12.3. The Morgan fingerprint density at radius 1 is 1.25 bits per heavy atom. The highest BCUT2D eigenvalue weighted by Crippen LogP contribution is 2.39. The topological polar surface area (TPSA) is 66.8 Å². The summed E-state index contributed by atoms with van der Waals surface area (Å²) in [6.45, 7) is 6.09. The highest BCUT2D eigenvalue weighted by molar-refractivity contribution is 8.15. The van der Waals surface area contributed by atoms with Crippen molar-refractivity contribution in [1.29, 1.82) is 0 Å². The Morgan fingerprint density at radius 3 is 2.54 bits per heavy atom. The Labute approximate surface area is 147 Å². The van der Waals surface area contributed by atoms with E-state index in [1.807, 2.05) is 56.0 Å². The van der Waals surface area contributed by atoms with Crippen LogP contribution in [0.25, 0.3) is 0 Å². The molecule has 0 saturated carbocycles. The average Bonchev–Trinajstić information content (AvgIpc) is 2.92. The molecule has 0 N–H and O–H groups in total. The van der Waals surface area contributed by atoms with Crippen molar-refractivity contribution in [1.82, 2.24) is 4.90 Å². The van der Waals surface area contributed by atoms with Crippen LogP contribution in [0.4, 0.5) is 0 Å². The number of aliphatic imine (C=N–C) groups is 1. The molecular formula is C17H22N2O3S2. The molecule has 2 heterocycles. The molecule has 130 valence electrons. The third-order valence-electron chi connectivity index (χ3n) is 4.21. The van der Waals surface area contributed by atoms with Gasteiger partial charge in [0.1, 0.15) is 0 Å². The van der Waals surface area contributed by atoms with Crippen LogP contribution in [0.1, 0.15) is 26.3 Å². The van der Waals surface area contributed by atoms with E-state index in [4.69, 9.17) is 0 Å². The lowest BCUT2D eigenvalue weighted by atomic mass is 9.96. The smallest absolute Gasteiger partial charge is 0.253 e. The minimum absolute atomic E-state index is 0.0368. The summed E-state index contributed by atoms with van der Waals surface area (Å²) in [5.41, 5.74) is 0.536. The molecule has 3 rings (SSSR count). The first kappa shape index (κ1) is 17.5. The summed E-state index contributed by atoms with van der Waals surface area (Å²) < 4.78 is 24.0. The van der Waals surface area contributed by atoms with Gasteiger partial charge in [-0.1, -0.05) is 62.9 Å². The van der Waals surface area contributed by atoms with Crippen LogP contribution < -0.4 is 0 Å². The second-order valence-electron chi connectivity index (χ2n) is 7.36. The van der Waals surface area contributed by atoms with Gasteiger partial charge in [0.2, 0.25) is 0 Å². The second-order valence-corrected chi connectivity index (χ2v) is 10.7. The van der Waals surface area contributed by atoms with Gasteiger partial charge in [-0.25, -0.2) is 8.42 Å². The van der Waals surface area contributed by atoms with E-state index < -0.39 is 15.3 Å². The summed E-state index contributed by atoms with van der Waals surface area (Å²) >= 11 is 1.43. The van der Waals surface area contributed by atoms with E-state index in [2.05, 4.69) is 4.99 Å². The molecule has 7 heteroatoms. The molecule has 0 bridgehead atoms. The van der Waals surface area contributed by atoms with Crippen molar-refractivity contribution in [3.05, 3.63) is 35.9 Å². The fraction of sp³-hybridized carbons (Fsp3) is 0.529. The number of amides is 1. The zero-order chi connectivity index (χ0) is 17.5. The number of nitrogens with zero attached hydrogens (tertiary/aromatic N) is 2. The highest BCUT2D eigenvalue weighted by atomic mass is 32.2. The quantitative estimate of drug-likeness (QED) is 0.804. The van der Waals surface area contributed by atoms with Gasteiger partial charge in [-0.3, -0.25) is 4.79 Å². The van der Waals surface area contributed by atoms with Crippen LogP contribution in [-0.2, 0) is 21.2 Å². The van der Waals surface area contributed by atoms with Crippen molar-refractivity contribution in [3.63, 3.8) is 0 Å². The molecule has 2 atom stereocenters. The summed E-state index contributed by atoms with van der Waals surface area (Å²) in [6.07, 6.45) is 0. The van der Waals surface area contributed by atoms with E-state index in [9.17, 15) is 13.2 Å². The molecular weight excluding hydrogens is 344 g/mol. The predicted molar refractivity (Wildman–Crippen MR) is 97.7 cm³/mol. The number of hydrogen-bond acceptors (Lipinski definition) is 4. The highest BCUT2D eigenvalue weighted by Gasteiger charge is 2.48. The van der Waals surface area contributed by atoms with Crippen molar-refractivity contribution in [2.45, 2.75) is 38.6 Å². The first-order valence-electron chi connectivity index (χ1n) is 7.96. The van der Waals surface area contributed by atoms with Gasteiger partial charge in [0.05, 0.1) is 17.5 Å². The predicted octanol–water partition coefficient (Wildman–Crippen LogP) is 2.33. The lowest BCUT2D eigenvalue weighted by molar-refractivity contribution is -0.124. The van der Waals surface area contributed by atoms with Crippen LogP contribution in [-0.4, -0.2) is 47.2 Å². The van der Waals surface area contributed by atoms with E-state index in [0.29, 0.717) is 11.7 Å². The van der Waals surface area contributed by atoms with E-state index in [1.165, 1.54) is 11.8 Å². The van der Waals surface area contributed by atoms with Crippen LogP contribution in [0.3, 0.4) is 0 Å². The number of carbonyl (C=O) groups excluding carboxylic acids is 1. The van der Waals surface area contributed by atoms with Crippen molar-refractivity contribution in [2.24, 2.45) is 10.4 Å². The molecule has 1 amide bonds. The van der Waals surface area contributed by atoms with Crippen molar-refractivity contribution >= 4 is 32.7 Å². The zero-order valence-corrected chi connectivity index (χ0v) is 15.7. The number of carbonyl (C=O) groups is 1. The van der Waals surface area contributed by atoms with Gasteiger partial charge >= 0.3 is 0 Å².